The van der Waals surface area contributed by atoms with Gasteiger partial charge in [0.05, 0.1) is 0 Å². The minimum atomic E-state index is -0.00814. The second-order valence-corrected chi connectivity index (χ2v) is 7.85. The molecule has 0 spiro atoms. The van der Waals surface area contributed by atoms with Gasteiger partial charge in [0.15, 0.2) is 5.78 Å². The number of rotatable bonds is 1. The summed E-state index contributed by atoms with van der Waals surface area (Å²) in [4.78, 5) is 36.3. The van der Waals surface area contributed by atoms with Gasteiger partial charge in [0.25, 0.3) is 0 Å². The SMILES string of the molecule is CC(=O)C1CCC2C3CC=C=CC(=O)CCC(=O)C3CCC12C. The predicted octanol–water partition coefficient (Wildman–Crippen LogP) is 3.67. The summed E-state index contributed by atoms with van der Waals surface area (Å²) < 4.78 is 0. The molecule has 0 aromatic rings. The molecule has 0 aromatic carbocycles. The minimum Gasteiger partial charge on any atom is -0.300 e. The molecule has 23 heavy (non-hydrogen) atoms. The van der Waals surface area contributed by atoms with Crippen LogP contribution < -0.4 is 0 Å². The van der Waals surface area contributed by atoms with Crippen LogP contribution in [0.2, 0.25) is 0 Å². The van der Waals surface area contributed by atoms with Gasteiger partial charge in [0, 0.05) is 30.8 Å². The highest BCUT2D eigenvalue weighted by Gasteiger charge is 2.55. The normalized spacial score (nSPS) is 40.6. The lowest BCUT2D eigenvalue weighted by atomic mass is 9.56. The number of allylic oxidation sites excluding steroid dienone is 1. The summed E-state index contributed by atoms with van der Waals surface area (Å²) in [5.41, 5.74) is 3.05. The van der Waals surface area contributed by atoms with Crippen molar-refractivity contribution < 1.29 is 14.4 Å². The highest BCUT2D eigenvalue weighted by atomic mass is 16.1. The first kappa shape index (κ1) is 16.4. The molecule has 2 fully saturated rings. The summed E-state index contributed by atoms with van der Waals surface area (Å²) in [6.45, 7) is 3.98. The number of Topliss-reactive ketones (excluding diaryl/α,β-unsaturated/α-hetero) is 2. The van der Waals surface area contributed by atoms with E-state index in [1.807, 2.05) is 6.08 Å². The Kier molecular flexibility index (Phi) is 4.42. The molecule has 124 valence electrons. The maximum Gasteiger partial charge on any atom is 0.163 e. The van der Waals surface area contributed by atoms with Crippen LogP contribution in [0.3, 0.4) is 0 Å². The van der Waals surface area contributed by atoms with Crippen molar-refractivity contribution in [2.75, 3.05) is 0 Å². The van der Waals surface area contributed by atoms with Gasteiger partial charge in [-0.05, 0) is 62.4 Å². The number of fused-ring (bicyclic) bond motifs is 3. The number of hydrogen-bond acceptors (Lipinski definition) is 3. The van der Waals surface area contributed by atoms with E-state index in [4.69, 9.17) is 0 Å². The van der Waals surface area contributed by atoms with E-state index < -0.39 is 0 Å². The maximum absolute atomic E-state index is 12.7. The number of ketones is 3. The number of hydrogen-bond donors (Lipinski definition) is 0. The smallest absolute Gasteiger partial charge is 0.163 e. The van der Waals surface area contributed by atoms with Crippen LogP contribution in [-0.2, 0) is 14.4 Å². The summed E-state index contributed by atoms with van der Waals surface area (Å²) >= 11 is 0. The molecule has 0 N–H and O–H groups in total. The van der Waals surface area contributed by atoms with E-state index in [2.05, 4.69) is 12.7 Å². The Morgan fingerprint density at radius 1 is 1.22 bits per heavy atom. The van der Waals surface area contributed by atoms with E-state index in [0.29, 0.717) is 30.5 Å². The van der Waals surface area contributed by atoms with E-state index >= 15 is 0 Å². The molecule has 3 aliphatic rings. The fraction of sp³-hybridized carbons (Fsp3) is 0.700. The zero-order valence-electron chi connectivity index (χ0n) is 14.1. The number of carbonyl (C=O) groups is 3. The topological polar surface area (TPSA) is 51.2 Å². The van der Waals surface area contributed by atoms with Gasteiger partial charge >= 0.3 is 0 Å². The fourth-order valence-electron chi connectivity index (χ4n) is 5.54. The Labute approximate surface area is 138 Å². The predicted molar refractivity (Wildman–Crippen MR) is 87.7 cm³/mol. The Morgan fingerprint density at radius 3 is 2.74 bits per heavy atom. The first-order valence-corrected chi connectivity index (χ1v) is 8.90. The van der Waals surface area contributed by atoms with Gasteiger partial charge in [-0.1, -0.05) is 6.92 Å². The number of carbonyl (C=O) groups excluding carboxylic acids is 3. The van der Waals surface area contributed by atoms with Crippen molar-refractivity contribution in [3.05, 3.63) is 17.9 Å². The highest BCUT2D eigenvalue weighted by molar-refractivity contribution is 5.93. The van der Waals surface area contributed by atoms with Crippen molar-refractivity contribution in [2.45, 2.75) is 58.8 Å². The van der Waals surface area contributed by atoms with Gasteiger partial charge in [0.2, 0.25) is 0 Å². The van der Waals surface area contributed by atoms with Crippen LogP contribution in [0.1, 0.15) is 58.8 Å². The zero-order chi connectivity index (χ0) is 16.6. The molecule has 0 aromatic heterocycles. The van der Waals surface area contributed by atoms with Crippen LogP contribution in [-0.4, -0.2) is 17.3 Å². The van der Waals surface area contributed by atoms with E-state index in [1.165, 1.54) is 6.08 Å². The maximum atomic E-state index is 12.7. The van der Waals surface area contributed by atoms with Gasteiger partial charge in [0.1, 0.15) is 11.6 Å². The quantitative estimate of drug-likeness (QED) is 0.694. The molecule has 3 aliphatic carbocycles. The van der Waals surface area contributed by atoms with Gasteiger partial charge in [-0.3, -0.25) is 14.4 Å². The zero-order valence-corrected chi connectivity index (χ0v) is 14.1. The van der Waals surface area contributed by atoms with Gasteiger partial charge < -0.3 is 0 Å². The minimum absolute atomic E-state index is 0.00814. The summed E-state index contributed by atoms with van der Waals surface area (Å²) in [5.74, 6) is 1.50. The first-order valence-electron chi connectivity index (χ1n) is 8.90. The van der Waals surface area contributed by atoms with Crippen molar-refractivity contribution in [2.24, 2.45) is 29.1 Å². The first-order chi connectivity index (χ1) is 10.9. The Balaban J connectivity index is 1.92. The monoisotopic (exact) mass is 314 g/mol. The molecule has 3 rings (SSSR count). The van der Waals surface area contributed by atoms with Crippen molar-refractivity contribution in [3.8, 4) is 0 Å². The Morgan fingerprint density at radius 2 is 2.00 bits per heavy atom. The molecule has 0 saturated heterocycles. The summed E-state index contributed by atoms with van der Waals surface area (Å²) in [7, 11) is 0. The lowest BCUT2D eigenvalue weighted by Gasteiger charge is -2.47. The molecule has 3 nitrogen and oxygen atoms in total. The van der Waals surface area contributed by atoms with Crippen LogP contribution in [0.5, 0.6) is 0 Å². The molecule has 5 unspecified atom stereocenters. The van der Waals surface area contributed by atoms with Crippen molar-refractivity contribution >= 4 is 17.3 Å². The van der Waals surface area contributed by atoms with Crippen LogP contribution >= 0.6 is 0 Å². The molecular formula is C20H26O3. The molecule has 0 radical (unpaired) electrons. The van der Waals surface area contributed by atoms with Crippen molar-refractivity contribution in [1.82, 2.24) is 0 Å². The van der Waals surface area contributed by atoms with Crippen LogP contribution in [0.25, 0.3) is 0 Å². The molecule has 2 saturated carbocycles. The largest absolute Gasteiger partial charge is 0.300 e. The van der Waals surface area contributed by atoms with Gasteiger partial charge in [-0.15, -0.1) is 5.73 Å². The van der Waals surface area contributed by atoms with Crippen LogP contribution in [0.15, 0.2) is 17.9 Å². The third-order valence-electron chi connectivity index (χ3n) is 6.71. The highest BCUT2D eigenvalue weighted by Crippen LogP contribution is 2.60. The van der Waals surface area contributed by atoms with E-state index in [9.17, 15) is 14.4 Å². The van der Waals surface area contributed by atoms with Crippen LogP contribution in [0, 0.1) is 29.1 Å². The van der Waals surface area contributed by atoms with Gasteiger partial charge in [-0.2, -0.15) is 0 Å². The summed E-state index contributed by atoms with van der Waals surface area (Å²) in [6.07, 6.45) is 8.71. The molecule has 0 heterocycles. The molecule has 0 amide bonds. The fourth-order valence-corrected chi connectivity index (χ4v) is 5.54. The molecule has 0 aliphatic heterocycles. The standard InChI is InChI=1S/C20H26O3/c1-13(21)17-8-9-18-15-6-4-3-5-14(22)7-10-19(23)16(15)11-12-20(17,18)2/h4-5,15-18H,6-12H2,1-2H3. The van der Waals surface area contributed by atoms with Crippen molar-refractivity contribution in [1.29, 1.82) is 0 Å². The third-order valence-corrected chi connectivity index (χ3v) is 6.71. The lowest BCUT2D eigenvalue weighted by Crippen LogP contribution is -2.45. The lowest BCUT2D eigenvalue weighted by molar-refractivity contribution is -0.133. The Bertz CT molecular complexity index is 596. The molecule has 0 bridgehead atoms. The molecular weight excluding hydrogens is 288 g/mol. The van der Waals surface area contributed by atoms with Crippen LogP contribution in [0.4, 0.5) is 0 Å². The van der Waals surface area contributed by atoms with Crippen molar-refractivity contribution in [3.63, 3.8) is 0 Å². The Hall–Kier alpha value is -1.47. The average Bonchev–Trinajstić information content (AvgIpc) is 2.86. The molecule has 5 atom stereocenters. The van der Waals surface area contributed by atoms with Gasteiger partial charge in [-0.25, -0.2) is 0 Å². The summed E-state index contributed by atoms with van der Waals surface area (Å²) in [6, 6.07) is 0. The van der Waals surface area contributed by atoms with E-state index in [-0.39, 0.29) is 28.8 Å². The van der Waals surface area contributed by atoms with E-state index in [0.717, 1.165) is 32.1 Å². The van der Waals surface area contributed by atoms with E-state index in [1.54, 1.807) is 6.92 Å². The average molecular weight is 314 g/mol. The third kappa shape index (κ3) is 2.87. The second-order valence-electron chi connectivity index (χ2n) is 7.85. The summed E-state index contributed by atoms with van der Waals surface area (Å²) in [5, 5.41) is 0. The second kappa shape index (κ2) is 6.20. The molecule has 3 heteroatoms.